The SMILES string of the molecule is Nc1cc(N2CCOC2=O)ccc1N1CCN(C(=O)CO)CC1. The van der Waals surface area contributed by atoms with Gasteiger partial charge in [-0.2, -0.15) is 0 Å². The van der Waals surface area contributed by atoms with Gasteiger partial charge in [-0.25, -0.2) is 4.79 Å². The molecule has 2 saturated heterocycles. The summed E-state index contributed by atoms with van der Waals surface area (Å²) >= 11 is 0. The monoisotopic (exact) mass is 320 g/mol. The Hall–Kier alpha value is -2.48. The quantitative estimate of drug-likeness (QED) is 0.753. The zero-order valence-electron chi connectivity index (χ0n) is 12.8. The smallest absolute Gasteiger partial charge is 0.414 e. The van der Waals surface area contributed by atoms with Crippen molar-refractivity contribution in [1.82, 2.24) is 4.90 Å². The van der Waals surface area contributed by atoms with E-state index in [9.17, 15) is 9.59 Å². The van der Waals surface area contributed by atoms with Crippen LogP contribution < -0.4 is 15.5 Å². The molecule has 1 aromatic rings. The second-order valence-electron chi connectivity index (χ2n) is 5.54. The lowest BCUT2D eigenvalue weighted by atomic mass is 10.2. The second-order valence-corrected chi connectivity index (χ2v) is 5.54. The molecule has 8 nitrogen and oxygen atoms in total. The number of nitrogen functional groups attached to an aromatic ring is 1. The number of hydrogen-bond acceptors (Lipinski definition) is 6. The van der Waals surface area contributed by atoms with Gasteiger partial charge < -0.3 is 25.4 Å². The molecule has 1 aromatic carbocycles. The van der Waals surface area contributed by atoms with Crippen molar-refractivity contribution in [1.29, 1.82) is 0 Å². The highest BCUT2D eigenvalue weighted by Crippen LogP contribution is 2.30. The summed E-state index contributed by atoms with van der Waals surface area (Å²) in [4.78, 5) is 28.4. The lowest BCUT2D eigenvalue weighted by molar-refractivity contribution is -0.134. The number of nitrogens with zero attached hydrogens (tertiary/aromatic N) is 3. The van der Waals surface area contributed by atoms with Gasteiger partial charge in [0.15, 0.2) is 0 Å². The number of aliphatic hydroxyl groups is 1. The Kier molecular flexibility index (Phi) is 4.24. The number of amides is 2. The summed E-state index contributed by atoms with van der Waals surface area (Å²) in [5.41, 5.74) is 8.34. The maximum atomic E-state index is 11.6. The highest BCUT2D eigenvalue weighted by atomic mass is 16.6. The molecule has 2 fully saturated rings. The summed E-state index contributed by atoms with van der Waals surface area (Å²) in [5.74, 6) is -0.250. The van der Waals surface area contributed by atoms with Gasteiger partial charge in [0.25, 0.3) is 0 Å². The maximum absolute atomic E-state index is 11.6. The number of hydrogen-bond donors (Lipinski definition) is 2. The molecule has 0 unspecified atom stereocenters. The molecule has 0 saturated carbocycles. The summed E-state index contributed by atoms with van der Waals surface area (Å²) < 4.78 is 4.93. The second kappa shape index (κ2) is 6.33. The van der Waals surface area contributed by atoms with Crippen LogP contribution in [-0.2, 0) is 9.53 Å². The van der Waals surface area contributed by atoms with Crippen LogP contribution in [0.5, 0.6) is 0 Å². The normalized spacial score (nSPS) is 18.3. The van der Waals surface area contributed by atoms with Crippen LogP contribution in [0.15, 0.2) is 18.2 Å². The third-order valence-electron chi connectivity index (χ3n) is 4.19. The number of anilines is 3. The number of carbonyl (C=O) groups excluding carboxylic acids is 2. The molecule has 0 aliphatic carbocycles. The van der Waals surface area contributed by atoms with Crippen molar-refractivity contribution in [3.05, 3.63) is 18.2 Å². The molecular formula is C15H20N4O4. The highest BCUT2D eigenvalue weighted by molar-refractivity contribution is 5.91. The van der Waals surface area contributed by atoms with Gasteiger partial charge in [0.1, 0.15) is 13.2 Å². The fourth-order valence-corrected chi connectivity index (χ4v) is 2.92. The number of rotatable bonds is 3. The highest BCUT2D eigenvalue weighted by Gasteiger charge is 2.25. The van der Waals surface area contributed by atoms with Crippen molar-refractivity contribution >= 4 is 29.1 Å². The zero-order chi connectivity index (χ0) is 16.4. The number of aliphatic hydroxyl groups excluding tert-OH is 1. The molecule has 0 bridgehead atoms. The van der Waals surface area contributed by atoms with Crippen molar-refractivity contribution in [2.75, 3.05) is 61.5 Å². The van der Waals surface area contributed by atoms with Crippen LogP contribution in [-0.4, -0.2) is 67.9 Å². The Morgan fingerprint density at radius 3 is 2.52 bits per heavy atom. The lowest BCUT2D eigenvalue weighted by Gasteiger charge is -2.36. The van der Waals surface area contributed by atoms with E-state index in [1.165, 1.54) is 0 Å². The molecule has 2 aliphatic rings. The van der Waals surface area contributed by atoms with Crippen molar-refractivity contribution in [2.24, 2.45) is 0 Å². The first-order valence-electron chi connectivity index (χ1n) is 7.57. The Labute approximate surface area is 134 Å². The predicted molar refractivity (Wildman–Crippen MR) is 85.4 cm³/mol. The number of nitrogens with two attached hydrogens (primary N) is 1. The molecule has 0 aromatic heterocycles. The van der Waals surface area contributed by atoms with Crippen molar-refractivity contribution in [3.8, 4) is 0 Å². The first kappa shape index (κ1) is 15.4. The topological polar surface area (TPSA) is 99.3 Å². The Morgan fingerprint density at radius 1 is 1.22 bits per heavy atom. The van der Waals surface area contributed by atoms with E-state index < -0.39 is 6.61 Å². The van der Waals surface area contributed by atoms with E-state index in [4.69, 9.17) is 15.6 Å². The molecule has 23 heavy (non-hydrogen) atoms. The fourth-order valence-electron chi connectivity index (χ4n) is 2.92. The average Bonchev–Trinajstić information content (AvgIpc) is 3.00. The number of ether oxygens (including phenoxy) is 1. The van der Waals surface area contributed by atoms with Crippen LogP contribution in [0.2, 0.25) is 0 Å². The fraction of sp³-hybridized carbons (Fsp3) is 0.467. The number of carbonyl (C=O) groups is 2. The first-order valence-corrected chi connectivity index (χ1v) is 7.57. The van der Waals surface area contributed by atoms with Crippen molar-refractivity contribution in [3.63, 3.8) is 0 Å². The lowest BCUT2D eigenvalue weighted by Crippen LogP contribution is -2.49. The first-order chi connectivity index (χ1) is 11.1. The predicted octanol–water partition coefficient (Wildman–Crippen LogP) is -0.134. The van der Waals surface area contributed by atoms with Gasteiger partial charge in [0, 0.05) is 31.9 Å². The van der Waals surface area contributed by atoms with E-state index in [0.717, 1.165) is 11.4 Å². The number of cyclic esters (lactones) is 1. The zero-order valence-corrected chi connectivity index (χ0v) is 12.8. The van der Waals surface area contributed by atoms with Crippen LogP contribution in [0.25, 0.3) is 0 Å². The Morgan fingerprint density at radius 2 is 1.96 bits per heavy atom. The van der Waals surface area contributed by atoms with E-state index in [-0.39, 0.29) is 12.0 Å². The summed E-state index contributed by atoms with van der Waals surface area (Å²) in [5, 5.41) is 8.90. The van der Waals surface area contributed by atoms with Crippen LogP contribution in [0.1, 0.15) is 0 Å². The van der Waals surface area contributed by atoms with Gasteiger partial charge in [-0.3, -0.25) is 9.69 Å². The molecule has 2 aliphatic heterocycles. The molecule has 2 heterocycles. The van der Waals surface area contributed by atoms with E-state index in [1.54, 1.807) is 15.9 Å². The Bertz CT molecular complexity index is 613. The minimum absolute atomic E-state index is 0.250. The van der Waals surface area contributed by atoms with E-state index in [1.807, 2.05) is 12.1 Å². The van der Waals surface area contributed by atoms with Crippen molar-refractivity contribution in [2.45, 2.75) is 0 Å². The maximum Gasteiger partial charge on any atom is 0.414 e. The van der Waals surface area contributed by atoms with Crippen LogP contribution >= 0.6 is 0 Å². The summed E-state index contributed by atoms with van der Waals surface area (Å²) in [7, 11) is 0. The number of benzene rings is 1. The standard InChI is InChI=1S/C15H20N4O4/c16-12-9-11(19-7-8-23-15(19)22)1-2-13(12)17-3-5-18(6-4-17)14(21)10-20/h1-2,9,20H,3-8,10,16H2. The van der Waals surface area contributed by atoms with Crippen molar-refractivity contribution < 1.29 is 19.4 Å². The largest absolute Gasteiger partial charge is 0.447 e. The molecule has 3 N–H and O–H groups in total. The molecule has 3 rings (SSSR count). The average molecular weight is 320 g/mol. The van der Waals surface area contributed by atoms with Crippen LogP contribution in [0.4, 0.5) is 21.9 Å². The molecule has 0 radical (unpaired) electrons. The van der Waals surface area contributed by atoms with Crippen LogP contribution in [0.3, 0.4) is 0 Å². The number of piperazine rings is 1. The van der Waals surface area contributed by atoms with Gasteiger partial charge in [-0.05, 0) is 18.2 Å². The van der Waals surface area contributed by atoms with E-state index >= 15 is 0 Å². The minimum Gasteiger partial charge on any atom is -0.447 e. The molecule has 2 amide bonds. The third-order valence-corrected chi connectivity index (χ3v) is 4.19. The third kappa shape index (κ3) is 3.02. The minimum atomic E-state index is -0.456. The van der Waals surface area contributed by atoms with Gasteiger partial charge in [-0.15, -0.1) is 0 Å². The summed E-state index contributed by atoms with van der Waals surface area (Å²) in [6.07, 6.45) is -0.353. The van der Waals surface area contributed by atoms with Gasteiger partial charge in [0.05, 0.1) is 17.9 Å². The Balaban J connectivity index is 1.70. The molecular weight excluding hydrogens is 300 g/mol. The molecule has 0 spiro atoms. The van der Waals surface area contributed by atoms with Gasteiger partial charge in [0.2, 0.25) is 5.91 Å². The summed E-state index contributed by atoms with van der Waals surface area (Å²) in [6.45, 7) is 2.88. The van der Waals surface area contributed by atoms with Crippen LogP contribution in [0, 0.1) is 0 Å². The van der Waals surface area contributed by atoms with Gasteiger partial charge >= 0.3 is 6.09 Å². The van der Waals surface area contributed by atoms with E-state index in [2.05, 4.69) is 4.90 Å². The molecule has 8 heteroatoms. The summed E-state index contributed by atoms with van der Waals surface area (Å²) in [6, 6.07) is 5.51. The molecule has 0 atom stereocenters. The van der Waals surface area contributed by atoms with E-state index in [0.29, 0.717) is 45.0 Å². The van der Waals surface area contributed by atoms with Gasteiger partial charge in [-0.1, -0.05) is 0 Å². The molecule has 124 valence electrons.